The van der Waals surface area contributed by atoms with Crippen LogP contribution >= 0.6 is 0 Å². The van der Waals surface area contributed by atoms with Crippen LogP contribution in [0, 0.1) is 0 Å². The van der Waals surface area contributed by atoms with Crippen molar-refractivity contribution in [1.29, 1.82) is 0 Å². The third-order valence-corrected chi connectivity index (χ3v) is 2.89. The molecule has 0 amide bonds. The number of fused-ring (bicyclic) bond motifs is 1. The standard InChI is InChI=1S/C13H16F3NO/c14-13(15,16)9-17-6-5-10-3-4-12-11(8-10)2-1-7-18-12/h3-4,8,17H,1-2,5-7,9H2. The predicted octanol–water partition coefficient (Wildman–Crippen LogP) is 2.71. The Morgan fingerprint density at radius 3 is 2.89 bits per heavy atom. The average molecular weight is 259 g/mol. The van der Waals surface area contributed by atoms with E-state index in [2.05, 4.69) is 5.32 Å². The van der Waals surface area contributed by atoms with Crippen molar-refractivity contribution >= 4 is 0 Å². The number of hydrogen-bond acceptors (Lipinski definition) is 2. The van der Waals surface area contributed by atoms with Crippen molar-refractivity contribution in [3.05, 3.63) is 29.3 Å². The number of hydrogen-bond donors (Lipinski definition) is 1. The number of alkyl halides is 3. The Morgan fingerprint density at radius 2 is 2.11 bits per heavy atom. The van der Waals surface area contributed by atoms with Crippen molar-refractivity contribution in [2.24, 2.45) is 0 Å². The number of nitrogens with one attached hydrogen (secondary N) is 1. The first-order valence-corrected chi connectivity index (χ1v) is 6.07. The monoisotopic (exact) mass is 259 g/mol. The normalized spacial score (nSPS) is 15.1. The summed E-state index contributed by atoms with van der Waals surface area (Å²) in [5.41, 5.74) is 2.21. The first-order valence-electron chi connectivity index (χ1n) is 6.07. The number of rotatable bonds is 4. The van der Waals surface area contributed by atoms with E-state index < -0.39 is 12.7 Å². The van der Waals surface area contributed by atoms with Crippen LogP contribution in [0.4, 0.5) is 13.2 Å². The van der Waals surface area contributed by atoms with Crippen LogP contribution in [-0.2, 0) is 12.8 Å². The van der Waals surface area contributed by atoms with Gasteiger partial charge in [-0.25, -0.2) is 0 Å². The largest absolute Gasteiger partial charge is 0.493 e. The fraction of sp³-hybridized carbons (Fsp3) is 0.538. The van der Waals surface area contributed by atoms with Gasteiger partial charge in [0.2, 0.25) is 0 Å². The number of benzene rings is 1. The maximum atomic E-state index is 11.9. The molecular weight excluding hydrogens is 243 g/mol. The third-order valence-electron chi connectivity index (χ3n) is 2.89. The lowest BCUT2D eigenvalue weighted by molar-refractivity contribution is -0.124. The Kier molecular flexibility index (Phi) is 4.11. The number of aryl methyl sites for hydroxylation is 1. The third kappa shape index (κ3) is 3.91. The van der Waals surface area contributed by atoms with Gasteiger partial charge < -0.3 is 10.1 Å². The lowest BCUT2D eigenvalue weighted by atomic mass is 10.0. The molecule has 2 nitrogen and oxygen atoms in total. The Morgan fingerprint density at radius 1 is 1.28 bits per heavy atom. The molecule has 5 heteroatoms. The lowest BCUT2D eigenvalue weighted by Crippen LogP contribution is -2.30. The van der Waals surface area contributed by atoms with E-state index in [0.717, 1.165) is 36.3 Å². The molecule has 1 aliphatic heterocycles. The van der Waals surface area contributed by atoms with Crippen LogP contribution in [0.5, 0.6) is 5.75 Å². The van der Waals surface area contributed by atoms with Crippen LogP contribution in [-0.4, -0.2) is 25.9 Å². The van der Waals surface area contributed by atoms with Gasteiger partial charge in [0.25, 0.3) is 0 Å². The molecule has 0 saturated carbocycles. The van der Waals surface area contributed by atoms with Gasteiger partial charge in [0.15, 0.2) is 0 Å². The van der Waals surface area contributed by atoms with Gasteiger partial charge in [0, 0.05) is 0 Å². The molecule has 0 saturated heterocycles. The summed E-state index contributed by atoms with van der Waals surface area (Å²) in [5, 5.41) is 2.40. The molecule has 0 fully saturated rings. The molecule has 1 N–H and O–H groups in total. The van der Waals surface area contributed by atoms with Gasteiger partial charge in [-0.15, -0.1) is 0 Å². The van der Waals surface area contributed by atoms with Crippen molar-refractivity contribution in [3.8, 4) is 5.75 Å². The van der Waals surface area contributed by atoms with Gasteiger partial charge in [-0.1, -0.05) is 12.1 Å². The summed E-state index contributed by atoms with van der Waals surface area (Å²) in [7, 11) is 0. The van der Waals surface area contributed by atoms with Gasteiger partial charge in [0.05, 0.1) is 13.2 Å². The highest BCUT2D eigenvalue weighted by Crippen LogP contribution is 2.25. The molecule has 0 aliphatic carbocycles. The van der Waals surface area contributed by atoms with Crippen LogP contribution in [0.25, 0.3) is 0 Å². The predicted molar refractivity (Wildman–Crippen MR) is 62.9 cm³/mol. The van der Waals surface area contributed by atoms with Crippen molar-refractivity contribution in [2.45, 2.75) is 25.4 Å². The van der Waals surface area contributed by atoms with Crippen molar-refractivity contribution in [2.75, 3.05) is 19.7 Å². The maximum absolute atomic E-state index is 11.9. The van der Waals surface area contributed by atoms with E-state index in [4.69, 9.17) is 4.74 Å². The molecule has 1 aromatic rings. The SMILES string of the molecule is FC(F)(F)CNCCc1ccc2c(c1)CCCO2. The van der Waals surface area contributed by atoms with Gasteiger partial charge in [-0.2, -0.15) is 13.2 Å². The van der Waals surface area contributed by atoms with Crippen LogP contribution in [0.2, 0.25) is 0 Å². The molecule has 18 heavy (non-hydrogen) atoms. The van der Waals surface area contributed by atoms with Crippen LogP contribution < -0.4 is 10.1 Å². The molecular formula is C13H16F3NO. The van der Waals surface area contributed by atoms with Gasteiger partial charge in [0.1, 0.15) is 5.75 Å². The van der Waals surface area contributed by atoms with Gasteiger partial charge in [-0.05, 0) is 43.0 Å². The number of halogens is 3. The summed E-state index contributed by atoms with van der Waals surface area (Å²) in [5.74, 6) is 0.910. The minimum atomic E-state index is -4.14. The fourth-order valence-corrected chi connectivity index (χ4v) is 2.03. The smallest absolute Gasteiger partial charge is 0.401 e. The minimum absolute atomic E-state index is 0.332. The summed E-state index contributed by atoms with van der Waals surface area (Å²) in [6.07, 6.45) is -1.55. The zero-order valence-corrected chi connectivity index (χ0v) is 10.0. The van der Waals surface area contributed by atoms with Gasteiger partial charge >= 0.3 is 6.18 Å². The molecule has 100 valence electrons. The van der Waals surface area contributed by atoms with E-state index in [0.29, 0.717) is 13.0 Å². The molecule has 0 unspecified atom stereocenters. The highest BCUT2D eigenvalue weighted by molar-refractivity contribution is 5.38. The highest BCUT2D eigenvalue weighted by atomic mass is 19.4. The summed E-state index contributed by atoms with van der Waals surface area (Å²) < 4.78 is 41.3. The second-order valence-corrected chi connectivity index (χ2v) is 4.44. The molecule has 1 aromatic carbocycles. The molecule has 0 aromatic heterocycles. The van der Waals surface area contributed by atoms with E-state index in [1.165, 1.54) is 0 Å². The molecule has 0 radical (unpaired) electrons. The molecule has 0 spiro atoms. The van der Waals surface area contributed by atoms with Crippen molar-refractivity contribution in [1.82, 2.24) is 5.32 Å². The van der Waals surface area contributed by atoms with Crippen LogP contribution in [0.1, 0.15) is 17.5 Å². The first-order chi connectivity index (χ1) is 8.54. The first kappa shape index (κ1) is 13.2. The quantitative estimate of drug-likeness (QED) is 0.839. The summed E-state index contributed by atoms with van der Waals surface area (Å²) >= 11 is 0. The van der Waals surface area contributed by atoms with Crippen molar-refractivity contribution < 1.29 is 17.9 Å². The molecule has 0 atom stereocenters. The highest BCUT2D eigenvalue weighted by Gasteiger charge is 2.25. The Hall–Kier alpha value is -1.23. The number of ether oxygens (including phenoxy) is 1. The van der Waals surface area contributed by atoms with E-state index >= 15 is 0 Å². The van der Waals surface area contributed by atoms with E-state index in [1.807, 2.05) is 18.2 Å². The molecule has 0 bridgehead atoms. The second kappa shape index (κ2) is 5.61. The maximum Gasteiger partial charge on any atom is 0.401 e. The topological polar surface area (TPSA) is 21.3 Å². The zero-order chi connectivity index (χ0) is 13.0. The lowest BCUT2D eigenvalue weighted by Gasteiger charge is -2.18. The van der Waals surface area contributed by atoms with Crippen LogP contribution in [0.3, 0.4) is 0 Å². The van der Waals surface area contributed by atoms with Crippen LogP contribution in [0.15, 0.2) is 18.2 Å². The van der Waals surface area contributed by atoms with Crippen molar-refractivity contribution in [3.63, 3.8) is 0 Å². The van der Waals surface area contributed by atoms with E-state index in [-0.39, 0.29) is 0 Å². The van der Waals surface area contributed by atoms with E-state index in [1.54, 1.807) is 0 Å². The second-order valence-electron chi connectivity index (χ2n) is 4.44. The zero-order valence-electron chi connectivity index (χ0n) is 10.0. The molecule has 2 rings (SSSR count). The summed E-state index contributed by atoms with van der Waals surface area (Å²) in [6.45, 7) is 0.152. The Labute approximate surface area is 104 Å². The average Bonchev–Trinajstić information content (AvgIpc) is 2.33. The minimum Gasteiger partial charge on any atom is -0.493 e. The molecule has 1 heterocycles. The van der Waals surface area contributed by atoms with E-state index in [9.17, 15) is 13.2 Å². The molecule has 1 aliphatic rings. The van der Waals surface area contributed by atoms with Gasteiger partial charge in [-0.3, -0.25) is 0 Å². The Balaban J connectivity index is 1.83. The Bertz CT molecular complexity index is 404. The fourth-order valence-electron chi connectivity index (χ4n) is 2.03. The summed E-state index contributed by atoms with van der Waals surface area (Å²) in [6, 6.07) is 5.86. The summed E-state index contributed by atoms with van der Waals surface area (Å²) in [4.78, 5) is 0.